The fraction of sp³-hybridized carbons (Fsp3) is 0.720. The largest absolute Gasteiger partial charge is 0.462 e. The zero-order valence-corrected chi connectivity index (χ0v) is 36.5. The summed E-state index contributed by atoms with van der Waals surface area (Å²) in [5, 5.41) is 23.6. The van der Waals surface area contributed by atoms with Crippen molar-refractivity contribution in [3.8, 4) is 0 Å². The summed E-state index contributed by atoms with van der Waals surface area (Å²) in [6.45, 7) is 6.28. The number of aliphatic hydroxyl groups is 2. The summed E-state index contributed by atoms with van der Waals surface area (Å²) in [5.41, 5.74) is 0. The monoisotopic (exact) mass is 782 g/mol. The van der Waals surface area contributed by atoms with E-state index in [4.69, 9.17) is 4.74 Å². The van der Waals surface area contributed by atoms with Crippen LogP contribution in [-0.4, -0.2) is 46.9 Å². The summed E-state index contributed by atoms with van der Waals surface area (Å²) in [4.78, 5) is 25.9. The first-order chi connectivity index (χ1) is 27.5. The van der Waals surface area contributed by atoms with Crippen molar-refractivity contribution in [3.05, 3.63) is 72.9 Å². The molecule has 3 N–H and O–H groups in total. The van der Waals surface area contributed by atoms with Gasteiger partial charge in [0.05, 0.1) is 25.2 Å². The van der Waals surface area contributed by atoms with Crippen molar-refractivity contribution in [2.45, 2.75) is 225 Å². The number of hydrogen-bond donors (Lipinski definition) is 3. The van der Waals surface area contributed by atoms with E-state index in [1.165, 1.54) is 89.9 Å². The number of allylic oxidation sites excluding steroid dienone is 12. The molecule has 0 aromatic carbocycles. The standard InChI is InChI=1S/C50H87NO5/c1-4-7-10-13-16-18-20-22-23-24-25-27-29-31-34-37-40-43-50(55)56-46(41-38-35-32-15-12-9-6-3)44-49(54)51-47(45-52)48(53)42-39-36-33-30-28-26-21-19-17-14-11-8-5-2/h7,10,13,16,18,20,22-25,27,29,46-48,52-53H,4-6,8-9,11-12,14-15,17,19,21,26,28,30-45H2,1-3H3,(H,51,54)/b10-7-,16-13+,20-18+,23-22-,25-24+,29-27+. The van der Waals surface area contributed by atoms with Gasteiger partial charge in [-0.2, -0.15) is 0 Å². The van der Waals surface area contributed by atoms with Gasteiger partial charge in [0.15, 0.2) is 0 Å². The van der Waals surface area contributed by atoms with Gasteiger partial charge in [0, 0.05) is 6.42 Å². The normalized spacial score (nSPS) is 14.0. The van der Waals surface area contributed by atoms with Crippen LogP contribution in [0.4, 0.5) is 0 Å². The van der Waals surface area contributed by atoms with Gasteiger partial charge in [-0.25, -0.2) is 0 Å². The fourth-order valence-electron chi connectivity index (χ4n) is 6.70. The topological polar surface area (TPSA) is 95.9 Å². The van der Waals surface area contributed by atoms with Crippen LogP contribution in [0, 0.1) is 0 Å². The first kappa shape index (κ1) is 53.3. The molecule has 0 radical (unpaired) electrons. The molecule has 3 atom stereocenters. The summed E-state index contributed by atoms with van der Waals surface area (Å²) in [7, 11) is 0. The lowest BCUT2D eigenvalue weighted by Gasteiger charge is -2.24. The first-order valence-corrected chi connectivity index (χ1v) is 23.2. The van der Waals surface area contributed by atoms with Gasteiger partial charge in [0.25, 0.3) is 0 Å². The molecule has 322 valence electrons. The molecule has 6 heteroatoms. The lowest BCUT2D eigenvalue weighted by molar-refractivity contribution is -0.151. The minimum absolute atomic E-state index is 0.0566. The van der Waals surface area contributed by atoms with Crippen molar-refractivity contribution >= 4 is 11.9 Å². The van der Waals surface area contributed by atoms with Crippen LogP contribution in [-0.2, 0) is 14.3 Å². The Morgan fingerprint density at radius 1 is 0.536 bits per heavy atom. The molecule has 0 aromatic rings. The van der Waals surface area contributed by atoms with Crippen LogP contribution in [0.1, 0.15) is 207 Å². The maximum absolute atomic E-state index is 13.1. The Morgan fingerprint density at radius 3 is 1.45 bits per heavy atom. The van der Waals surface area contributed by atoms with E-state index in [0.29, 0.717) is 19.3 Å². The highest BCUT2D eigenvalue weighted by atomic mass is 16.5. The van der Waals surface area contributed by atoms with Crippen molar-refractivity contribution in [2.75, 3.05) is 6.61 Å². The third-order valence-corrected chi connectivity index (χ3v) is 10.2. The molecular formula is C50H87NO5. The Labute approximate surface area is 345 Å². The van der Waals surface area contributed by atoms with Gasteiger partial charge in [-0.3, -0.25) is 9.59 Å². The van der Waals surface area contributed by atoms with E-state index < -0.39 is 18.2 Å². The van der Waals surface area contributed by atoms with Crippen LogP contribution in [0.3, 0.4) is 0 Å². The second-order valence-corrected chi connectivity index (χ2v) is 15.6. The summed E-state index contributed by atoms with van der Waals surface area (Å²) >= 11 is 0. The maximum Gasteiger partial charge on any atom is 0.306 e. The van der Waals surface area contributed by atoms with Crippen LogP contribution in [0.15, 0.2) is 72.9 Å². The number of carbonyl (C=O) groups excluding carboxylic acids is 2. The third-order valence-electron chi connectivity index (χ3n) is 10.2. The van der Waals surface area contributed by atoms with Gasteiger partial charge in [0.2, 0.25) is 5.91 Å². The molecule has 0 rings (SSSR count). The SMILES string of the molecule is CC\C=C/C=C/C=C/C=C\C=C\C=C\CCCCCC(=O)OC(CCCCCCCCC)CC(=O)NC(CO)C(O)CCCCCCCCCCCCCCC. The number of rotatable bonds is 40. The highest BCUT2D eigenvalue weighted by molar-refractivity contribution is 5.77. The number of aliphatic hydroxyl groups excluding tert-OH is 2. The van der Waals surface area contributed by atoms with E-state index in [2.05, 4.69) is 44.3 Å². The van der Waals surface area contributed by atoms with Gasteiger partial charge >= 0.3 is 5.97 Å². The molecule has 0 heterocycles. The van der Waals surface area contributed by atoms with Crippen molar-refractivity contribution in [1.82, 2.24) is 5.32 Å². The van der Waals surface area contributed by atoms with Crippen molar-refractivity contribution in [2.24, 2.45) is 0 Å². The molecule has 1 amide bonds. The Bertz CT molecular complexity index is 1060. The second kappa shape index (κ2) is 43.4. The Hall–Kier alpha value is -2.70. The lowest BCUT2D eigenvalue weighted by Crippen LogP contribution is -2.46. The molecule has 0 spiro atoms. The molecule has 3 unspecified atom stereocenters. The summed E-state index contributed by atoms with van der Waals surface area (Å²) in [6.07, 6.45) is 53.9. The average Bonchev–Trinajstić information content (AvgIpc) is 3.19. The number of nitrogens with one attached hydrogen (secondary N) is 1. The minimum atomic E-state index is -0.795. The zero-order valence-electron chi connectivity index (χ0n) is 36.5. The van der Waals surface area contributed by atoms with Crippen LogP contribution >= 0.6 is 0 Å². The Balaban J connectivity index is 4.53. The summed E-state index contributed by atoms with van der Waals surface area (Å²) in [5.74, 6) is -0.534. The summed E-state index contributed by atoms with van der Waals surface area (Å²) in [6, 6.07) is -0.710. The molecule has 0 aliphatic carbocycles. The number of hydrogen-bond acceptors (Lipinski definition) is 5. The minimum Gasteiger partial charge on any atom is -0.462 e. The first-order valence-electron chi connectivity index (χ1n) is 23.2. The molecule has 0 bridgehead atoms. The van der Waals surface area contributed by atoms with E-state index in [1.54, 1.807) is 0 Å². The Morgan fingerprint density at radius 2 is 0.964 bits per heavy atom. The van der Waals surface area contributed by atoms with Crippen molar-refractivity contribution in [3.63, 3.8) is 0 Å². The third kappa shape index (κ3) is 38.2. The van der Waals surface area contributed by atoms with Gasteiger partial charge < -0.3 is 20.3 Å². The molecular weight excluding hydrogens is 695 g/mol. The number of amides is 1. The summed E-state index contributed by atoms with van der Waals surface area (Å²) < 4.78 is 5.86. The average molecular weight is 782 g/mol. The van der Waals surface area contributed by atoms with Crippen LogP contribution in [0.25, 0.3) is 0 Å². The number of carbonyl (C=O) groups is 2. The molecule has 0 aliphatic heterocycles. The second-order valence-electron chi connectivity index (χ2n) is 15.6. The molecule has 0 aliphatic rings. The van der Waals surface area contributed by atoms with Gasteiger partial charge in [-0.05, 0) is 44.9 Å². The maximum atomic E-state index is 13.1. The molecule has 0 fully saturated rings. The Kier molecular flexibility index (Phi) is 41.3. The number of esters is 1. The van der Waals surface area contributed by atoms with E-state index >= 15 is 0 Å². The van der Waals surface area contributed by atoms with E-state index in [9.17, 15) is 19.8 Å². The van der Waals surface area contributed by atoms with Crippen LogP contribution in [0.5, 0.6) is 0 Å². The van der Waals surface area contributed by atoms with E-state index in [-0.39, 0.29) is 24.9 Å². The van der Waals surface area contributed by atoms with Crippen molar-refractivity contribution < 1.29 is 24.5 Å². The molecule has 0 saturated heterocycles. The van der Waals surface area contributed by atoms with Crippen molar-refractivity contribution in [1.29, 1.82) is 0 Å². The van der Waals surface area contributed by atoms with Gasteiger partial charge in [-0.1, -0.05) is 222 Å². The highest BCUT2D eigenvalue weighted by Gasteiger charge is 2.24. The predicted octanol–water partition coefficient (Wildman–Crippen LogP) is 13.4. The quantitative estimate of drug-likeness (QED) is 0.0327. The lowest BCUT2D eigenvalue weighted by atomic mass is 10.0. The van der Waals surface area contributed by atoms with Gasteiger partial charge in [0.1, 0.15) is 6.10 Å². The molecule has 0 saturated carbocycles. The molecule has 6 nitrogen and oxygen atoms in total. The number of ether oxygens (including phenoxy) is 1. The molecule has 0 aromatic heterocycles. The van der Waals surface area contributed by atoms with E-state index in [0.717, 1.165) is 70.6 Å². The zero-order chi connectivity index (χ0) is 41.0. The highest BCUT2D eigenvalue weighted by Crippen LogP contribution is 2.17. The van der Waals surface area contributed by atoms with Crippen LogP contribution < -0.4 is 5.32 Å². The smallest absolute Gasteiger partial charge is 0.306 e. The fourth-order valence-corrected chi connectivity index (χ4v) is 6.70. The van der Waals surface area contributed by atoms with Gasteiger partial charge in [-0.15, -0.1) is 0 Å². The van der Waals surface area contributed by atoms with E-state index in [1.807, 2.05) is 54.7 Å². The van der Waals surface area contributed by atoms with Crippen LogP contribution in [0.2, 0.25) is 0 Å². The predicted molar refractivity (Wildman–Crippen MR) is 241 cm³/mol. The molecule has 56 heavy (non-hydrogen) atoms. The number of unbranched alkanes of at least 4 members (excludes halogenated alkanes) is 21.